The van der Waals surface area contributed by atoms with Gasteiger partial charge in [0.2, 0.25) is 5.91 Å². The summed E-state index contributed by atoms with van der Waals surface area (Å²) in [6.45, 7) is 3.76. The fourth-order valence-corrected chi connectivity index (χ4v) is 1.44. The van der Waals surface area contributed by atoms with E-state index in [2.05, 4.69) is 21.2 Å². The Labute approximate surface area is 104 Å². The quantitative estimate of drug-likeness (QED) is 0.864. The molecule has 0 aliphatic rings. The van der Waals surface area contributed by atoms with Crippen LogP contribution in [-0.4, -0.2) is 17.8 Å². The van der Waals surface area contributed by atoms with Crippen LogP contribution in [0.4, 0.5) is 0 Å². The van der Waals surface area contributed by atoms with E-state index in [0.29, 0.717) is 0 Å². The Morgan fingerprint density at radius 1 is 1.31 bits per heavy atom. The Morgan fingerprint density at radius 3 is 2.31 bits per heavy atom. The zero-order valence-electron chi connectivity index (χ0n) is 9.66. The van der Waals surface area contributed by atoms with Gasteiger partial charge in [-0.05, 0) is 31.5 Å². The molecule has 0 saturated carbocycles. The Hall–Kier alpha value is -1.03. The van der Waals surface area contributed by atoms with Crippen LogP contribution in [0.1, 0.15) is 25.5 Å². The minimum absolute atomic E-state index is 0.00148. The van der Waals surface area contributed by atoms with Crippen molar-refractivity contribution in [1.29, 1.82) is 0 Å². The van der Waals surface area contributed by atoms with Crippen molar-refractivity contribution in [2.75, 3.05) is 7.11 Å². The first-order valence-corrected chi connectivity index (χ1v) is 6.04. The molecular formula is C12H16BrNO2. The van der Waals surface area contributed by atoms with E-state index in [1.165, 1.54) is 0 Å². The van der Waals surface area contributed by atoms with Crippen LogP contribution >= 0.6 is 15.9 Å². The molecule has 0 fully saturated rings. The number of nitrogens with one attached hydrogen (secondary N) is 1. The van der Waals surface area contributed by atoms with Crippen molar-refractivity contribution in [3.05, 3.63) is 29.8 Å². The molecule has 0 aliphatic carbocycles. The predicted molar refractivity (Wildman–Crippen MR) is 67.9 cm³/mol. The van der Waals surface area contributed by atoms with Crippen LogP contribution < -0.4 is 10.1 Å². The Bertz CT molecular complexity index is 349. The maximum Gasteiger partial charge on any atom is 0.233 e. The number of carbonyl (C=O) groups excluding carboxylic acids is 1. The maximum atomic E-state index is 11.5. The average Bonchev–Trinajstić information content (AvgIpc) is 2.28. The zero-order valence-corrected chi connectivity index (χ0v) is 11.2. The van der Waals surface area contributed by atoms with Crippen LogP contribution in [-0.2, 0) is 4.79 Å². The van der Waals surface area contributed by atoms with E-state index in [0.717, 1.165) is 11.3 Å². The lowest BCUT2D eigenvalue weighted by molar-refractivity contribution is -0.120. The van der Waals surface area contributed by atoms with Crippen molar-refractivity contribution in [1.82, 2.24) is 5.32 Å². The average molecular weight is 286 g/mol. The van der Waals surface area contributed by atoms with Crippen LogP contribution in [0.3, 0.4) is 0 Å². The zero-order chi connectivity index (χ0) is 12.1. The molecule has 1 amide bonds. The topological polar surface area (TPSA) is 38.3 Å². The molecule has 2 atom stereocenters. The van der Waals surface area contributed by atoms with Gasteiger partial charge in [-0.2, -0.15) is 0 Å². The summed E-state index contributed by atoms with van der Waals surface area (Å²) in [5, 5.41) is 2.91. The standard InChI is InChI=1S/C12H16BrNO2/c1-8(13)12(15)14-9(2)10-4-6-11(16-3)7-5-10/h4-9H,1-3H3,(H,14,15)/t8-,9+/m1/s1. The molecule has 1 aromatic carbocycles. The van der Waals surface area contributed by atoms with Gasteiger partial charge >= 0.3 is 0 Å². The van der Waals surface area contributed by atoms with E-state index < -0.39 is 0 Å². The molecule has 16 heavy (non-hydrogen) atoms. The molecule has 0 heterocycles. The van der Waals surface area contributed by atoms with Gasteiger partial charge in [0.1, 0.15) is 5.75 Å². The van der Waals surface area contributed by atoms with Gasteiger partial charge in [0.15, 0.2) is 0 Å². The van der Waals surface area contributed by atoms with E-state index >= 15 is 0 Å². The molecule has 4 heteroatoms. The molecule has 0 bridgehead atoms. The third kappa shape index (κ3) is 3.52. The predicted octanol–water partition coefficient (Wildman–Crippen LogP) is 2.66. The van der Waals surface area contributed by atoms with E-state index in [1.54, 1.807) is 14.0 Å². The Kier molecular flexibility index (Phi) is 4.80. The summed E-state index contributed by atoms with van der Waals surface area (Å²) in [6, 6.07) is 7.66. The lowest BCUT2D eigenvalue weighted by Gasteiger charge is -2.15. The van der Waals surface area contributed by atoms with Crippen LogP contribution in [0.5, 0.6) is 5.75 Å². The minimum atomic E-state index is -0.173. The van der Waals surface area contributed by atoms with Gasteiger partial charge in [-0.1, -0.05) is 28.1 Å². The molecule has 0 aliphatic heterocycles. The second kappa shape index (κ2) is 5.89. The lowest BCUT2D eigenvalue weighted by Crippen LogP contribution is -2.31. The second-order valence-electron chi connectivity index (χ2n) is 3.62. The number of benzene rings is 1. The maximum absolute atomic E-state index is 11.5. The number of amides is 1. The van der Waals surface area contributed by atoms with Crippen molar-refractivity contribution >= 4 is 21.8 Å². The highest BCUT2D eigenvalue weighted by Gasteiger charge is 2.13. The first-order chi connectivity index (χ1) is 7.54. The third-order valence-electron chi connectivity index (χ3n) is 2.34. The molecule has 0 spiro atoms. The molecule has 1 aromatic rings. The minimum Gasteiger partial charge on any atom is -0.497 e. The first kappa shape index (κ1) is 13.0. The van der Waals surface area contributed by atoms with Gasteiger partial charge in [-0.15, -0.1) is 0 Å². The van der Waals surface area contributed by atoms with Gasteiger partial charge in [-0.3, -0.25) is 4.79 Å². The second-order valence-corrected chi connectivity index (χ2v) is 4.99. The summed E-state index contributed by atoms with van der Waals surface area (Å²) in [6.07, 6.45) is 0. The smallest absolute Gasteiger partial charge is 0.233 e. The summed E-state index contributed by atoms with van der Waals surface area (Å²) >= 11 is 3.23. The van der Waals surface area contributed by atoms with Gasteiger partial charge < -0.3 is 10.1 Å². The summed E-state index contributed by atoms with van der Waals surface area (Å²) < 4.78 is 5.07. The molecule has 0 radical (unpaired) electrons. The lowest BCUT2D eigenvalue weighted by atomic mass is 10.1. The van der Waals surface area contributed by atoms with Crippen molar-refractivity contribution < 1.29 is 9.53 Å². The normalized spacial score (nSPS) is 14.0. The number of carbonyl (C=O) groups is 1. The number of ether oxygens (including phenoxy) is 1. The largest absolute Gasteiger partial charge is 0.497 e. The SMILES string of the molecule is COc1ccc([C@H](C)NC(=O)[C@@H](C)Br)cc1. The monoisotopic (exact) mass is 285 g/mol. The van der Waals surface area contributed by atoms with E-state index in [-0.39, 0.29) is 16.8 Å². The van der Waals surface area contributed by atoms with Crippen molar-refractivity contribution in [3.63, 3.8) is 0 Å². The van der Waals surface area contributed by atoms with Gasteiger partial charge in [0.25, 0.3) is 0 Å². The van der Waals surface area contributed by atoms with Gasteiger partial charge in [0.05, 0.1) is 18.0 Å². The van der Waals surface area contributed by atoms with E-state index in [1.807, 2.05) is 31.2 Å². The molecule has 1 N–H and O–H groups in total. The highest BCUT2D eigenvalue weighted by atomic mass is 79.9. The summed E-state index contributed by atoms with van der Waals surface area (Å²) in [7, 11) is 1.63. The number of methoxy groups -OCH3 is 1. The molecule has 1 rings (SSSR count). The fraction of sp³-hybridized carbons (Fsp3) is 0.417. The van der Waals surface area contributed by atoms with E-state index in [9.17, 15) is 4.79 Å². The number of halogens is 1. The molecule has 0 unspecified atom stereocenters. The summed E-state index contributed by atoms with van der Waals surface area (Å²) in [5.41, 5.74) is 1.06. The van der Waals surface area contributed by atoms with Crippen molar-refractivity contribution in [2.45, 2.75) is 24.7 Å². The van der Waals surface area contributed by atoms with E-state index in [4.69, 9.17) is 4.74 Å². The number of alkyl halides is 1. The highest BCUT2D eigenvalue weighted by molar-refractivity contribution is 9.10. The number of rotatable bonds is 4. The molecular weight excluding hydrogens is 270 g/mol. The summed E-state index contributed by atoms with van der Waals surface area (Å²) in [5.74, 6) is 0.805. The molecule has 3 nitrogen and oxygen atoms in total. The van der Waals surface area contributed by atoms with Crippen LogP contribution in [0.2, 0.25) is 0 Å². The van der Waals surface area contributed by atoms with Gasteiger partial charge in [0, 0.05) is 0 Å². The van der Waals surface area contributed by atoms with Crippen LogP contribution in [0, 0.1) is 0 Å². The molecule has 0 aromatic heterocycles. The molecule has 0 saturated heterocycles. The molecule has 88 valence electrons. The van der Waals surface area contributed by atoms with Crippen molar-refractivity contribution in [3.8, 4) is 5.75 Å². The Morgan fingerprint density at radius 2 is 1.88 bits per heavy atom. The fourth-order valence-electron chi connectivity index (χ4n) is 1.30. The first-order valence-electron chi connectivity index (χ1n) is 5.13. The van der Waals surface area contributed by atoms with Crippen molar-refractivity contribution in [2.24, 2.45) is 0 Å². The number of hydrogen-bond acceptors (Lipinski definition) is 2. The number of hydrogen-bond donors (Lipinski definition) is 1. The Balaban J connectivity index is 2.65. The van der Waals surface area contributed by atoms with Gasteiger partial charge in [-0.25, -0.2) is 0 Å². The van der Waals surface area contributed by atoms with Crippen LogP contribution in [0.15, 0.2) is 24.3 Å². The van der Waals surface area contributed by atoms with Crippen LogP contribution in [0.25, 0.3) is 0 Å². The summed E-state index contributed by atoms with van der Waals surface area (Å²) in [4.78, 5) is 11.3. The highest BCUT2D eigenvalue weighted by Crippen LogP contribution is 2.17. The third-order valence-corrected chi connectivity index (χ3v) is 2.75.